The van der Waals surface area contributed by atoms with Crippen LogP contribution in [-0.4, -0.2) is 53.1 Å². The molecule has 0 aromatic heterocycles. The summed E-state index contributed by atoms with van der Waals surface area (Å²) in [7, 11) is 3.48. The Morgan fingerprint density at radius 3 is 2.70 bits per heavy atom. The molecule has 0 bridgehead atoms. The fourth-order valence-electron chi connectivity index (χ4n) is 2.50. The van der Waals surface area contributed by atoms with E-state index < -0.39 is 0 Å². The Hall–Kier alpha value is -1.06. The van der Waals surface area contributed by atoms with Crippen LogP contribution in [0, 0.1) is 12.8 Å². The first kappa shape index (κ1) is 24.0. The summed E-state index contributed by atoms with van der Waals surface area (Å²) in [6.45, 7) is 6.43. The zero-order valence-corrected chi connectivity index (χ0v) is 19.1. The van der Waals surface area contributed by atoms with E-state index >= 15 is 0 Å². The second-order valence-electron chi connectivity index (χ2n) is 6.68. The lowest BCUT2D eigenvalue weighted by Gasteiger charge is -2.15. The minimum Gasteiger partial charge on any atom is -0.493 e. The van der Waals surface area contributed by atoms with Crippen LogP contribution in [0.25, 0.3) is 0 Å². The maximum Gasteiger partial charge on any atom is 0.191 e. The predicted octanol–water partition coefficient (Wildman–Crippen LogP) is 3.12. The summed E-state index contributed by atoms with van der Waals surface area (Å²) in [5.41, 5.74) is 2.30. The van der Waals surface area contributed by atoms with Gasteiger partial charge in [-0.15, -0.1) is 24.0 Å². The van der Waals surface area contributed by atoms with E-state index in [4.69, 9.17) is 14.2 Å². The maximum atomic E-state index is 5.93. The molecule has 0 amide bonds. The third-order valence-corrected chi connectivity index (χ3v) is 4.23. The molecule has 0 unspecified atom stereocenters. The number of nitrogens with zero attached hydrogens (tertiary/aromatic N) is 1. The molecule has 0 saturated heterocycles. The molecule has 0 heterocycles. The lowest BCUT2D eigenvalue weighted by atomic mass is 10.1. The van der Waals surface area contributed by atoms with Crippen molar-refractivity contribution >= 4 is 29.9 Å². The Balaban J connectivity index is 0.00000364. The fraction of sp³-hybridized carbons (Fsp3) is 0.650. The SMILES string of the molecule is CN=C(NCCOCC1CC1)NCc1ccc(C)cc1OCCCOC.I. The van der Waals surface area contributed by atoms with Crippen LogP contribution in [0.1, 0.15) is 30.4 Å². The highest BCUT2D eigenvalue weighted by Crippen LogP contribution is 2.28. The number of aryl methyl sites for hydroxylation is 1. The Labute approximate surface area is 180 Å². The first-order chi connectivity index (χ1) is 12.7. The van der Waals surface area contributed by atoms with Crippen molar-refractivity contribution in [2.75, 3.05) is 47.1 Å². The van der Waals surface area contributed by atoms with Gasteiger partial charge in [-0.1, -0.05) is 12.1 Å². The number of hydrogen-bond donors (Lipinski definition) is 2. The molecular formula is C20H34IN3O3. The Kier molecular flexibility index (Phi) is 12.4. The van der Waals surface area contributed by atoms with Crippen LogP contribution in [0.2, 0.25) is 0 Å². The third kappa shape index (κ3) is 10.2. The molecule has 1 fully saturated rings. The van der Waals surface area contributed by atoms with E-state index in [9.17, 15) is 0 Å². The van der Waals surface area contributed by atoms with Gasteiger partial charge in [0.05, 0.1) is 13.2 Å². The third-order valence-electron chi connectivity index (χ3n) is 4.23. The first-order valence-electron chi connectivity index (χ1n) is 9.46. The zero-order chi connectivity index (χ0) is 18.6. The monoisotopic (exact) mass is 491 g/mol. The lowest BCUT2D eigenvalue weighted by Crippen LogP contribution is -2.38. The molecule has 1 aliphatic rings. The molecular weight excluding hydrogens is 457 g/mol. The van der Waals surface area contributed by atoms with Gasteiger partial charge in [0, 0.05) is 52.4 Å². The average Bonchev–Trinajstić information content (AvgIpc) is 3.46. The normalized spacial score (nSPS) is 13.8. The molecule has 2 N–H and O–H groups in total. The number of nitrogens with one attached hydrogen (secondary N) is 2. The summed E-state index contributed by atoms with van der Waals surface area (Å²) in [6, 6.07) is 6.27. The van der Waals surface area contributed by atoms with Gasteiger partial charge in [-0.25, -0.2) is 0 Å². The van der Waals surface area contributed by atoms with Gasteiger partial charge in [-0.3, -0.25) is 4.99 Å². The van der Waals surface area contributed by atoms with Crippen molar-refractivity contribution < 1.29 is 14.2 Å². The summed E-state index contributed by atoms with van der Waals surface area (Å²) >= 11 is 0. The number of hydrogen-bond acceptors (Lipinski definition) is 4. The highest BCUT2D eigenvalue weighted by molar-refractivity contribution is 14.0. The van der Waals surface area contributed by atoms with Crippen LogP contribution in [0.5, 0.6) is 5.75 Å². The van der Waals surface area contributed by atoms with Gasteiger partial charge in [0.2, 0.25) is 0 Å². The van der Waals surface area contributed by atoms with Crippen LogP contribution in [-0.2, 0) is 16.0 Å². The van der Waals surface area contributed by atoms with E-state index in [2.05, 4.69) is 40.7 Å². The van der Waals surface area contributed by atoms with Crippen molar-refractivity contribution in [2.24, 2.45) is 10.9 Å². The molecule has 1 aliphatic carbocycles. The van der Waals surface area contributed by atoms with E-state index in [0.29, 0.717) is 26.4 Å². The van der Waals surface area contributed by atoms with Crippen LogP contribution in [0.15, 0.2) is 23.2 Å². The second-order valence-corrected chi connectivity index (χ2v) is 6.68. The highest BCUT2D eigenvalue weighted by Gasteiger charge is 2.20. The molecule has 27 heavy (non-hydrogen) atoms. The summed E-state index contributed by atoms with van der Waals surface area (Å²) in [4.78, 5) is 4.26. The Bertz CT molecular complexity index is 565. The number of halogens is 1. The summed E-state index contributed by atoms with van der Waals surface area (Å²) in [5, 5.41) is 6.62. The number of guanidine groups is 1. The van der Waals surface area contributed by atoms with Gasteiger partial charge in [0.15, 0.2) is 5.96 Å². The van der Waals surface area contributed by atoms with E-state index in [0.717, 1.165) is 42.8 Å². The van der Waals surface area contributed by atoms with Gasteiger partial charge in [0.1, 0.15) is 5.75 Å². The number of benzene rings is 1. The van der Waals surface area contributed by atoms with Gasteiger partial charge >= 0.3 is 0 Å². The minimum absolute atomic E-state index is 0. The molecule has 0 radical (unpaired) electrons. The van der Waals surface area contributed by atoms with Crippen LogP contribution >= 0.6 is 24.0 Å². The van der Waals surface area contributed by atoms with Crippen molar-refractivity contribution in [3.8, 4) is 5.75 Å². The number of aliphatic imine (C=N–C) groups is 1. The van der Waals surface area contributed by atoms with E-state index in [1.165, 1.54) is 18.4 Å². The number of rotatable bonds is 12. The van der Waals surface area contributed by atoms with E-state index in [1.807, 2.05) is 0 Å². The van der Waals surface area contributed by atoms with Gasteiger partial charge < -0.3 is 24.8 Å². The smallest absolute Gasteiger partial charge is 0.191 e. The molecule has 1 aromatic carbocycles. The number of methoxy groups -OCH3 is 1. The van der Waals surface area contributed by atoms with Crippen molar-refractivity contribution in [1.82, 2.24) is 10.6 Å². The maximum absolute atomic E-state index is 5.93. The summed E-state index contributed by atoms with van der Waals surface area (Å²) in [6.07, 6.45) is 3.52. The molecule has 1 saturated carbocycles. The van der Waals surface area contributed by atoms with Gasteiger partial charge in [0.25, 0.3) is 0 Å². The molecule has 6 nitrogen and oxygen atoms in total. The largest absolute Gasteiger partial charge is 0.493 e. The van der Waals surface area contributed by atoms with E-state index in [-0.39, 0.29) is 24.0 Å². The quantitative estimate of drug-likeness (QED) is 0.204. The molecule has 1 aromatic rings. The number of ether oxygens (including phenoxy) is 3. The minimum atomic E-state index is 0. The van der Waals surface area contributed by atoms with Crippen molar-refractivity contribution in [3.63, 3.8) is 0 Å². The molecule has 2 rings (SSSR count). The molecule has 0 aliphatic heterocycles. The first-order valence-corrected chi connectivity index (χ1v) is 9.46. The molecule has 0 spiro atoms. The zero-order valence-electron chi connectivity index (χ0n) is 16.8. The molecule has 154 valence electrons. The average molecular weight is 491 g/mol. The summed E-state index contributed by atoms with van der Waals surface area (Å²) in [5.74, 6) is 2.49. The van der Waals surface area contributed by atoms with Gasteiger partial charge in [-0.2, -0.15) is 0 Å². The van der Waals surface area contributed by atoms with Crippen LogP contribution < -0.4 is 15.4 Å². The van der Waals surface area contributed by atoms with Crippen molar-refractivity contribution in [2.45, 2.75) is 32.7 Å². The van der Waals surface area contributed by atoms with E-state index in [1.54, 1.807) is 14.2 Å². The summed E-state index contributed by atoms with van der Waals surface area (Å²) < 4.78 is 16.6. The highest BCUT2D eigenvalue weighted by atomic mass is 127. The van der Waals surface area contributed by atoms with Crippen LogP contribution in [0.4, 0.5) is 0 Å². The topological polar surface area (TPSA) is 64.1 Å². The van der Waals surface area contributed by atoms with Crippen molar-refractivity contribution in [1.29, 1.82) is 0 Å². The second kappa shape index (κ2) is 14.0. The lowest BCUT2D eigenvalue weighted by molar-refractivity contribution is 0.129. The Morgan fingerprint density at radius 2 is 2.00 bits per heavy atom. The van der Waals surface area contributed by atoms with Gasteiger partial charge in [-0.05, 0) is 37.3 Å². The predicted molar refractivity (Wildman–Crippen MR) is 120 cm³/mol. The fourth-order valence-corrected chi connectivity index (χ4v) is 2.50. The Morgan fingerprint density at radius 1 is 1.19 bits per heavy atom. The van der Waals surface area contributed by atoms with Crippen LogP contribution in [0.3, 0.4) is 0 Å². The molecule has 7 heteroatoms. The van der Waals surface area contributed by atoms with Crippen molar-refractivity contribution in [3.05, 3.63) is 29.3 Å². The standard InChI is InChI=1S/C20H33N3O3.HI/c1-16-5-8-18(19(13-16)26-11-4-10-24-3)14-23-20(21-2)22-9-12-25-15-17-6-7-17;/h5,8,13,17H,4,6-7,9-12,14-15H2,1-3H3,(H2,21,22,23);1H. The molecule has 0 atom stereocenters.